The van der Waals surface area contributed by atoms with E-state index in [9.17, 15) is 27.9 Å². The third kappa shape index (κ3) is 3.21. The number of anilines is 1. The molecule has 0 atom stereocenters. The van der Waals surface area contributed by atoms with E-state index in [0.29, 0.717) is 11.3 Å². The number of carboxylic acid groups (broad SMARTS) is 1. The Bertz CT molecular complexity index is 781. The lowest BCUT2D eigenvalue weighted by atomic mass is 9.94. The van der Waals surface area contributed by atoms with Crippen LogP contribution in [0.4, 0.5) is 18.9 Å². The summed E-state index contributed by atoms with van der Waals surface area (Å²) >= 11 is 0.506. The highest BCUT2D eigenvalue weighted by Crippen LogP contribution is 2.42. The molecule has 0 radical (unpaired) electrons. The van der Waals surface area contributed by atoms with Crippen LogP contribution in [-0.2, 0) is 6.18 Å². The predicted octanol–water partition coefficient (Wildman–Crippen LogP) is 4.31. The summed E-state index contributed by atoms with van der Waals surface area (Å²) in [7, 11) is 0. The van der Waals surface area contributed by atoms with Gasteiger partial charge in [-0.25, -0.2) is 4.79 Å². The number of halogens is 3. The van der Waals surface area contributed by atoms with E-state index >= 15 is 0 Å². The number of hydrogen-bond acceptors (Lipinski definition) is 4. The molecular weight excluding hydrogens is 331 g/mol. The van der Waals surface area contributed by atoms with E-state index in [4.69, 9.17) is 5.73 Å². The third-order valence-corrected chi connectivity index (χ3v) is 4.19. The number of alkyl halides is 3. The van der Waals surface area contributed by atoms with Crippen LogP contribution in [0.15, 0.2) is 23.6 Å². The first-order chi connectivity index (χ1) is 10.7. The van der Waals surface area contributed by atoms with Crippen molar-refractivity contribution in [1.82, 2.24) is 0 Å². The highest BCUT2D eigenvalue weighted by atomic mass is 32.1. The van der Waals surface area contributed by atoms with Crippen LogP contribution in [0.2, 0.25) is 0 Å². The molecule has 0 spiro atoms. The zero-order chi connectivity index (χ0) is 17.4. The van der Waals surface area contributed by atoms with Crippen LogP contribution in [0, 0.1) is 0 Å². The van der Waals surface area contributed by atoms with Gasteiger partial charge < -0.3 is 10.8 Å². The number of aromatic carboxylic acids is 1. The van der Waals surface area contributed by atoms with Crippen LogP contribution in [0.1, 0.15) is 38.9 Å². The van der Waals surface area contributed by atoms with Gasteiger partial charge in [-0.2, -0.15) is 13.2 Å². The normalized spacial score (nSPS) is 11.5. The lowest BCUT2D eigenvalue weighted by Crippen LogP contribution is -2.12. The second kappa shape index (κ2) is 6.04. The Kier molecular flexibility index (Phi) is 4.46. The molecule has 0 bridgehead atoms. The number of carbonyl (C=O) groups excluding carboxylic acids is 1. The molecular formula is C15H12F3NO3S. The van der Waals surface area contributed by atoms with Crippen LogP contribution in [0.5, 0.6) is 0 Å². The molecule has 2 rings (SSSR count). The molecule has 4 nitrogen and oxygen atoms in total. The summed E-state index contributed by atoms with van der Waals surface area (Å²) in [6, 6.07) is 3.50. The minimum Gasteiger partial charge on any atom is -0.478 e. The fraction of sp³-hybridized carbons (Fsp3) is 0.200. The molecule has 0 amide bonds. The van der Waals surface area contributed by atoms with Crippen molar-refractivity contribution in [3.8, 4) is 11.1 Å². The van der Waals surface area contributed by atoms with Crippen LogP contribution in [0.3, 0.4) is 0 Å². The molecule has 1 heterocycles. The van der Waals surface area contributed by atoms with Crippen LogP contribution in [0.25, 0.3) is 11.1 Å². The first-order valence-electron chi connectivity index (χ1n) is 6.51. The molecule has 0 aliphatic heterocycles. The minimum atomic E-state index is -4.56. The first-order valence-corrected chi connectivity index (χ1v) is 7.39. The Labute approximate surface area is 133 Å². The Morgan fingerprint density at radius 1 is 1.30 bits per heavy atom. The van der Waals surface area contributed by atoms with E-state index in [1.54, 1.807) is 6.92 Å². The van der Waals surface area contributed by atoms with Gasteiger partial charge in [0.15, 0.2) is 5.78 Å². The molecule has 122 valence electrons. The molecule has 0 unspecified atom stereocenters. The molecule has 0 saturated carbocycles. The van der Waals surface area contributed by atoms with Gasteiger partial charge in [-0.15, -0.1) is 11.3 Å². The molecule has 0 aliphatic carbocycles. The number of nitrogen functional groups attached to an aromatic ring is 1. The van der Waals surface area contributed by atoms with Gasteiger partial charge in [-0.05, 0) is 29.1 Å². The van der Waals surface area contributed by atoms with Gasteiger partial charge in [0.25, 0.3) is 0 Å². The molecule has 0 fully saturated rings. The smallest absolute Gasteiger partial charge is 0.426 e. The van der Waals surface area contributed by atoms with Gasteiger partial charge in [0.1, 0.15) is 4.88 Å². The van der Waals surface area contributed by atoms with Gasteiger partial charge in [-0.3, -0.25) is 4.79 Å². The van der Waals surface area contributed by atoms with E-state index in [1.807, 2.05) is 0 Å². The number of Topliss-reactive ketones (excluding diaryl/α,β-unsaturated/α-hetero) is 1. The Morgan fingerprint density at radius 3 is 2.48 bits per heavy atom. The van der Waals surface area contributed by atoms with Crippen LogP contribution in [-0.4, -0.2) is 16.9 Å². The van der Waals surface area contributed by atoms with Crippen molar-refractivity contribution in [2.75, 3.05) is 5.73 Å². The van der Waals surface area contributed by atoms with Crippen molar-refractivity contribution in [3.05, 3.63) is 39.6 Å². The Balaban J connectivity index is 2.70. The molecule has 3 N–H and O–H groups in total. The van der Waals surface area contributed by atoms with Crippen molar-refractivity contribution < 1.29 is 27.9 Å². The summed E-state index contributed by atoms with van der Waals surface area (Å²) in [6.07, 6.45) is -4.52. The third-order valence-electron chi connectivity index (χ3n) is 3.23. The van der Waals surface area contributed by atoms with Gasteiger partial charge in [0, 0.05) is 17.7 Å². The molecule has 2 aromatic rings. The monoisotopic (exact) mass is 343 g/mol. The fourth-order valence-electron chi connectivity index (χ4n) is 2.23. The number of carbonyl (C=O) groups is 2. The second-order valence-electron chi connectivity index (χ2n) is 4.73. The summed E-state index contributed by atoms with van der Waals surface area (Å²) in [5, 5.41) is 10.5. The molecule has 8 heteroatoms. The SMILES string of the molecule is CCC(=O)c1c(N)cc(-c2ccsc2C(F)(F)F)cc1C(=O)O. The highest BCUT2D eigenvalue weighted by molar-refractivity contribution is 7.10. The molecule has 0 aliphatic rings. The zero-order valence-electron chi connectivity index (χ0n) is 11.9. The second-order valence-corrected chi connectivity index (χ2v) is 5.65. The average Bonchev–Trinajstić information content (AvgIpc) is 2.95. The number of benzene rings is 1. The van der Waals surface area contributed by atoms with E-state index < -0.39 is 28.4 Å². The van der Waals surface area contributed by atoms with Crippen molar-refractivity contribution in [3.63, 3.8) is 0 Å². The highest BCUT2D eigenvalue weighted by Gasteiger charge is 2.35. The fourth-order valence-corrected chi connectivity index (χ4v) is 3.02. The molecule has 23 heavy (non-hydrogen) atoms. The molecule has 1 aromatic heterocycles. The number of rotatable bonds is 4. The summed E-state index contributed by atoms with van der Waals surface area (Å²) in [5.74, 6) is -1.90. The zero-order valence-corrected chi connectivity index (χ0v) is 12.7. The summed E-state index contributed by atoms with van der Waals surface area (Å²) in [4.78, 5) is 22.4. The Hall–Kier alpha value is -2.35. The van der Waals surface area contributed by atoms with E-state index in [2.05, 4.69) is 0 Å². The van der Waals surface area contributed by atoms with Crippen molar-refractivity contribution >= 4 is 28.8 Å². The van der Waals surface area contributed by atoms with Gasteiger partial charge >= 0.3 is 12.1 Å². The van der Waals surface area contributed by atoms with Gasteiger partial charge in [0.05, 0.1) is 11.1 Å². The maximum absolute atomic E-state index is 13.0. The number of carboxylic acids is 1. The topological polar surface area (TPSA) is 80.4 Å². The Morgan fingerprint density at radius 2 is 1.96 bits per heavy atom. The molecule has 0 saturated heterocycles. The van der Waals surface area contributed by atoms with E-state index in [1.165, 1.54) is 17.5 Å². The lowest BCUT2D eigenvalue weighted by molar-refractivity contribution is -0.133. The number of hydrogen-bond donors (Lipinski definition) is 2. The summed E-state index contributed by atoms with van der Waals surface area (Å²) in [5.41, 5.74) is 4.88. The lowest BCUT2D eigenvalue weighted by Gasteiger charge is -2.13. The van der Waals surface area contributed by atoms with Crippen LogP contribution >= 0.6 is 11.3 Å². The quantitative estimate of drug-likeness (QED) is 0.640. The maximum atomic E-state index is 13.0. The average molecular weight is 343 g/mol. The number of ketones is 1. The van der Waals surface area contributed by atoms with Gasteiger partial charge in [-0.1, -0.05) is 6.92 Å². The van der Waals surface area contributed by atoms with Crippen molar-refractivity contribution in [2.45, 2.75) is 19.5 Å². The van der Waals surface area contributed by atoms with Crippen molar-refractivity contribution in [1.29, 1.82) is 0 Å². The minimum absolute atomic E-state index is 0.0149. The maximum Gasteiger partial charge on any atom is 0.426 e. The summed E-state index contributed by atoms with van der Waals surface area (Å²) in [6.45, 7) is 1.54. The van der Waals surface area contributed by atoms with E-state index in [-0.39, 0.29) is 28.8 Å². The number of nitrogens with two attached hydrogens (primary N) is 1. The first kappa shape index (κ1) is 17.0. The van der Waals surface area contributed by atoms with Crippen molar-refractivity contribution in [2.24, 2.45) is 0 Å². The largest absolute Gasteiger partial charge is 0.478 e. The van der Waals surface area contributed by atoms with Crippen LogP contribution < -0.4 is 5.73 Å². The standard InChI is InChI=1S/C15H12F3NO3S/c1-2-11(20)12-9(14(21)22)5-7(6-10(12)19)8-3-4-23-13(8)15(16,17)18/h3-6H,2,19H2,1H3,(H,21,22). The predicted molar refractivity (Wildman–Crippen MR) is 80.8 cm³/mol. The number of thiophene rings is 1. The van der Waals surface area contributed by atoms with E-state index in [0.717, 1.165) is 6.07 Å². The van der Waals surface area contributed by atoms with Gasteiger partial charge in [0.2, 0.25) is 0 Å². The molecule has 1 aromatic carbocycles. The summed E-state index contributed by atoms with van der Waals surface area (Å²) < 4.78 is 39.0.